The van der Waals surface area contributed by atoms with Gasteiger partial charge >= 0.3 is 0 Å². The van der Waals surface area contributed by atoms with Gasteiger partial charge in [-0.15, -0.1) is 0 Å². The number of amides is 1. The van der Waals surface area contributed by atoms with Crippen molar-refractivity contribution >= 4 is 5.91 Å². The van der Waals surface area contributed by atoms with Crippen LogP contribution in [-0.4, -0.2) is 30.4 Å². The fourth-order valence-electron chi connectivity index (χ4n) is 1.93. The Morgan fingerprint density at radius 3 is 2.88 bits per heavy atom. The molecule has 92 valence electrons. The monoisotopic (exact) mass is 232 g/mol. The highest BCUT2D eigenvalue weighted by molar-refractivity contribution is 5.78. The van der Waals surface area contributed by atoms with Crippen LogP contribution in [0.1, 0.15) is 24.0 Å². The van der Waals surface area contributed by atoms with Gasteiger partial charge in [-0.2, -0.15) is 0 Å². The SMILES string of the molecule is Cc1cccc(CNCC(=O)N(C)C2CC2)c1. The fourth-order valence-corrected chi connectivity index (χ4v) is 1.93. The summed E-state index contributed by atoms with van der Waals surface area (Å²) in [5.41, 5.74) is 2.48. The van der Waals surface area contributed by atoms with Crippen molar-refractivity contribution in [3.05, 3.63) is 35.4 Å². The van der Waals surface area contributed by atoms with Gasteiger partial charge in [-0.05, 0) is 25.3 Å². The van der Waals surface area contributed by atoms with Crippen molar-refractivity contribution in [2.24, 2.45) is 0 Å². The third-order valence-corrected chi connectivity index (χ3v) is 3.18. The minimum absolute atomic E-state index is 0.195. The lowest BCUT2D eigenvalue weighted by molar-refractivity contribution is -0.129. The van der Waals surface area contributed by atoms with Crippen LogP contribution < -0.4 is 5.32 Å². The fraction of sp³-hybridized carbons (Fsp3) is 0.500. The lowest BCUT2D eigenvalue weighted by atomic mass is 10.1. The zero-order valence-electron chi connectivity index (χ0n) is 10.6. The summed E-state index contributed by atoms with van der Waals surface area (Å²) >= 11 is 0. The number of hydrogen-bond donors (Lipinski definition) is 1. The molecule has 3 heteroatoms. The first kappa shape index (κ1) is 12.1. The van der Waals surface area contributed by atoms with E-state index in [-0.39, 0.29) is 5.91 Å². The first-order chi connectivity index (χ1) is 8.16. The third-order valence-electron chi connectivity index (χ3n) is 3.18. The standard InChI is InChI=1S/C14H20N2O/c1-11-4-3-5-12(8-11)9-15-10-14(17)16(2)13-6-7-13/h3-5,8,13,15H,6-7,9-10H2,1-2H3. The molecule has 1 aromatic rings. The van der Waals surface area contributed by atoms with Gasteiger partial charge in [-0.3, -0.25) is 4.79 Å². The first-order valence-corrected chi connectivity index (χ1v) is 6.19. The van der Waals surface area contributed by atoms with Gasteiger partial charge in [0.2, 0.25) is 5.91 Å². The molecule has 1 saturated carbocycles. The highest BCUT2D eigenvalue weighted by Gasteiger charge is 2.28. The van der Waals surface area contributed by atoms with Crippen molar-refractivity contribution in [1.82, 2.24) is 10.2 Å². The van der Waals surface area contributed by atoms with E-state index in [1.165, 1.54) is 24.0 Å². The molecule has 0 aliphatic heterocycles. The maximum absolute atomic E-state index is 11.7. The molecule has 0 radical (unpaired) electrons. The van der Waals surface area contributed by atoms with Crippen LogP contribution in [0.4, 0.5) is 0 Å². The molecule has 0 atom stereocenters. The van der Waals surface area contributed by atoms with Crippen molar-refractivity contribution in [2.45, 2.75) is 32.4 Å². The molecule has 0 bridgehead atoms. The van der Waals surface area contributed by atoms with Gasteiger partial charge in [0, 0.05) is 19.6 Å². The van der Waals surface area contributed by atoms with Crippen LogP contribution in [0.15, 0.2) is 24.3 Å². The highest BCUT2D eigenvalue weighted by atomic mass is 16.2. The molecule has 2 rings (SSSR count). The molecule has 1 aromatic carbocycles. The Labute approximate surface area is 103 Å². The molecule has 1 amide bonds. The molecule has 17 heavy (non-hydrogen) atoms. The molecular formula is C14H20N2O. The van der Waals surface area contributed by atoms with Crippen LogP contribution in [0.2, 0.25) is 0 Å². The quantitative estimate of drug-likeness (QED) is 0.838. The number of likely N-dealkylation sites (N-methyl/N-ethyl adjacent to an activating group) is 1. The number of carbonyl (C=O) groups excluding carboxylic acids is 1. The second kappa shape index (κ2) is 5.32. The van der Waals surface area contributed by atoms with Gasteiger partial charge in [0.1, 0.15) is 0 Å². The van der Waals surface area contributed by atoms with E-state index in [0.29, 0.717) is 12.6 Å². The van der Waals surface area contributed by atoms with E-state index in [9.17, 15) is 4.79 Å². The lowest BCUT2D eigenvalue weighted by Gasteiger charge is -2.16. The molecule has 0 heterocycles. The summed E-state index contributed by atoms with van der Waals surface area (Å²) < 4.78 is 0. The second-order valence-electron chi connectivity index (χ2n) is 4.83. The number of carbonyl (C=O) groups is 1. The Balaban J connectivity index is 1.73. The van der Waals surface area contributed by atoms with Crippen molar-refractivity contribution in [1.29, 1.82) is 0 Å². The Morgan fingerprint density at radius 1 is 1.47 bits per heavy atom. The molecule has 1 aliphatic carbocycles. The molecule has 0 saturated heterocycles. The van der Waals surface area contributed by atoms with Crippen molar-refractivity contribution in [3.63, 3.8) is 0 Å². The predicted octanol–water partition coefficient (Wildman–Crippen LogP) is 1.71. The highest BCUT2D eigenvalue weighted by Crippen LogP contribution is 2.25. The topological polar surface area (TPSA) is 32.3 Å². The Bertz CT molecular complexity index is 399. The molecule has 3 nitrogen and oxygen atoms in total. The maximum atomic E-state index is 11.7. The van der Waals surface area contributed by atoms with Gasteiger partial charge in [0.15, 0.2) is 0 Å². The molecule has 1 N–H and O–H groups in total. The lowest BCUT2D eigenvalue weighted by Crippen LogP contribution is -2.36. The molecule has 1 fully saturated rings. The van der Waals surface area contributed by atoms with Crippen LogP contribution in [-0.2, 0) is 11.3 Å². The zero-order valence-corrected chi connectivity index (χ0v) is 10.6. The number of nitrogens with zero attached hydrogens (tertiary/aromatic N) is 1. The van der Waals surface area contributed by atoms with E-state index in [4.69, 9.17) is 0 Å². The Hall–Kier alpha value is -1.35. The van der Waals surface area contributed by atoms with E-state index in [1.807, 2.05) is 18.0 Å². The van der Waals surface area contributed by atoms with Crippen molar-refractivity contribution in [3.8, 4) is 0 Å². The molecule has 0 spiro atoms. The number of benzene rings is 1. The minimum Gasteiger partial charge on any atom is -0.342 e. The van der Waals surface area contributed by atoms with Crippen LogP contribution >= 0.6 is 0 Å². The summed E-state index contributed by atoms with van der Waals surface area (Å²) in [6.45, 7) is 3.27. The van der Waals surface area contributed by atoms with Gasteiger partial charge in [-0.25, -0.2) is 0 Å². The average molecular weight is 232 g/mol. The summed E-state index contributed by atoms with van der Waals surface area (Å²) in [6, 6.07) is 8.85. The summed E-state index contributed by atoms with van der Waals surface area (Å²) in [5.74, 6) is 0.195. The van der Waals surface area contributed by atoms with Gasteiger partial charge in [0.25, 0.3) is 0 Å². The first-order valence-electron chi connectivity index (χ1n) is 6.19. The molecule has 0 aromatic heterocycles. The van der Waals surface area contributed by atoms with E-state index in [2.05, 4.69) is 30.4 Å². The third kappa shape index (κ3) is 3.56. The predicted molar refractivity (Wildman–Crippen MR) is 68.7 cm³/mol. The number of hydrogen-bond acceptors (Lipinski definition) is 2. The number of aryl methyl sites for hydroxylation is 1. The summed E-state index contributed by atoms with van der Waals surface area (Å²) in [4.78, 5) is 13.6. The van der Waals surface area contributed by atoms with Crippen molar-refractivity contribution in [2.75, 3.05) is 13.6 Å². The Kier molecular flexibility index (Phi) is 3.79. The summed E-state index contributed by atoms with van der Waals surface area (Å²) in [5, 5.41) is 3.20. The summed E-state index contributed by atoms with van der Waals surface area (Å²) in [6.07, 6.45) is 2.33. The van der Waals surface area contributed by atoms with Crippen LogP contribution in [0.5, 0.6) is 0 Å². The average Bonchev–Trinajstić information content (AvgIpc) is 3.12. The van der Waals surface area contributed by atoms with Gasteiger partial charge in [-0.1, -0.05) is 29.8 Å². The van der Waals surface area contributed by atoms with Crippen molar-refractivity contribution < 1.29 is 4.79 Å². The van der Waals surface area contributed by atoms with Crippen LogP contribution in [0.3, 0.4) is 0 Å². The Morgan fingerprint density at radius 2 is 2.24 bits per heavy atom. The van der Waals surface area contributed by atoms with E-state index >= 15 is 0 Å². The summed E-state index contributed by atoms with van der Waals surface area (Å²) in [7, 11) is 1.90. The van der Waals surface area contributed by atoms with E-state index in [1.54, 1.807) is 0 Å². The normalized spacial score (nSPS) is 14.7. The van der Waals surface area contributed by atoms with Gasteiger partial charge in [0.05, 0.1) is 6.54 Å². The van der Waals surface area contributed by atoms with Gasteiger partial charge < -0.3 is 10.2 Å². The van der Waals surface area contributed by atoms with E-state index < -0.39 is 0 Å². The number of nitrogens with one attached hydrogen (secondary N) is 1. The zero-order chi connectivity index (χ0) is 12.3. The molecule has 0 unspecified atom stereocenters. The largest absolute Gasteiger partial charge is 0.342 e. The smallest absolute Gasteiger partial charge is 0.236 e. The molecule has 1 aliphatic rings. The second-order valence-corrected chi connectivity index (χ2v) is 4.83. The van der Waals surface area contributed by atoms with E-state index in [0.717, 1.165) is 6.54 Å². The maximum Gasteiger partial charge on any atom is 0.236 e. The number of rotatable bonds is 5. The minimum atomic E-state index is 0.195. The molecular weight excluding hydrogens is 212 g/mol. The van der Waals surface area contributed by atoms with Crippen LogP contribution in [0, 0.1) is 6.92 Å². The van der Waals surface area contributed by atoms with Crippen LogP contribution in [0.25, 0.3) is 0 Å².